The molecule has 0 saturated carbocycles. The van der Waals surface area contributed by atoms with Gasteiger partial charge in [0.25, 0.3) is 15.9 Å². The van der Waals surface area contributed by atoms with Crippen molar-refractivity contribution < 1.29 is 35.9 Å². The second-order valence-corrected chi connectivity index (χ2v) is 7.48. The summed E-state index contributed by atoms with van der Waals surface area (Å²) in [6.45, 7) is 2.36. The first kappa shape index (κ1) is 22.5. The number of nitrogens with one attached hydrogen (secondary N) is 2. The van der Waals surface area contributed by atoms with Crippen LogP contribution in [0.4, 0.5) is 13.2 Å². The zero-order valence-electron chi connectivity index (χ0n) is 15.5. The molecule has 0 atom stereocenters. The highest BCUT2D eigenvalue weighted by Crippen LogP contribution is 2.30. The molecular weight excluding hydrogens is 413 g/mol. The Morgan fingerprint density at radius 2 is 1.83 bits per heavy atom. The van der Waals surface area contributed by atoms with Crippen LogP contribution in [0.5, 0.6) is 11.5 Å². The zero-order chi connectivity index (χ0) is 21.7. The SMILES string of the molecule is CCCOc1ccc(C(=O)NNS(=O)(=O)c2cccc(C(F)(F)F)c2)cc1OC. The van der Waals surface area contributed by atoms with Crippen LogP contribution in [0.2, 0.25) is 0 Å². The monoisotopic (exact) mass is 432 g/mol. The number of alkyl halides is 3. The number of sulfonamides is 1. The average Bonchev–Trinajstić information content (AvgIpc) is 2.69. The summed E-state index contributed by atoms with van der Waals surface area (Å²) in [7, 11) is -3.04. The van der Waals surface area contributed by atoms with Crippen LogP contribution in [0.15, 0.2) is 47.4 Å². The maximum atomic E-state index is 12.8. The van der Waals surface area contributed by atoms with Gasteiger partial charge in [-0.05, 0) is 42.8 Å². The van der Waals surface area contributed by atoms with Crippen LogP contribution < -0.4 is 19.7 Å². The molecule has 29 heavy (non-hydrogen) atoms. The number of carbonyl (C=O) groups is 1. The van der Waals surface area contributed by atoms with Gasteiger partial charge >= 0.3 is 6.18 Å². The minimum atomic E-state index is -4.70. The fourth-order valence-electron chi connectivity index (χ4n) is 2.22. The number of benzene rings is 2. The van der Waals surface area contributed by atoms with Crippen LogP contribution in [-0.4, -0.2) is 28.0 Å². The lowest BCUT2D eigenvalue weighted by Crippen LogP contribution is -2.41. The molecule has 2 rings (SSSR count). The van der Waals surface area contributed by atoms with E-state index in [1.165, 1.54) is 25.3 Å². The Morgan fingerprint density at radius 1 is 1.10 bits per heavy atom. The molecule has 0 aromatic heterocycles. The molecule has 2 aromatic carbocycles. The van der Waals surface area contributed by atoms with Crippen LogP contribution in [0.25, 0.3) is 0 Å². The molecule has 2 N–H and O–H groups in total. The lowest BCUT2D eigenvalue weighted by atomic mass is 10.2. The number of halogens is 3. The third-order valence-corrected chi connectivity index (χ3v) is 4.90. The summed E-state index contributed by atoms with van der Waals surface area (Å²) in [5.41, 5.74) is 0.883. The number of hydrogen-bond acceptors (Lipinski definition) is 5. The summed E-state index contributed by atoms with van der Waals surface area (Å²) in [4.78, 5) is 13.4. The van der Waals surface area contributed by atoms with E-state index < -0.39 is 32.6 Å². The van der Waals surface area contributed by atoms with Gasteiger partial charge in [-0.15, -0.1) is 4.83 Å². The molecule has 0 saturated heterocycles. The highest BCUT2D eigenvalue weighted by molar-refractivity contribution is 7.89. The quantitative estimate of drug-likeness (QED) is 0.625. The van der Waals surface area contributed by atoms with Gasteiger partial charge in [-0.25, -0.2) is 8.42 Å². The molecular formula is C18H19F3N2O5S. The van der Waals surface area contributed by atoms with Gasteiger partial charge in [0.1, 0.15) is 0 Å². The number of carbonyl (C=O) groups excluding carboxylic acids is 1. The van der Waals surface area contributed by atoms with Gasteiger partial charge in [0.05, 0.1) is 24.2 Å². The first-order chi connectivity index (χ1) is 13.6. The van der Waals surface area contributed by atoms with E-state index in [1.807, 2.05) is 12.3 Å². The van der Waals surface area contributed by atoms with E-state index in [9.17, 15) is 26.4 Å². The summed E-state index contributed by atoms with van der Waals surface area (Å²) in [5, 5.41) is 0. The molecule has 11 heteroatoms. The third kappa shape index (κ3) is 5.84. The van der Waals surface area contributed by atoms with Crippen molar-refractivity contribution in [2.75, 3.05) is 13.7 Å². The van der Waals surface area contributed by atoms with Gasteiger partial charge in [-0.2, -0.15) is 13.2 Å². The summed E-state index contributed by atoms with van der Waals surface area (Å²) in [6.07, 6.45) is -3.93. The highest BCUT2D eigenvalue weighted by atomic mass is 32.2. The summed E-state index contributed by atoms with van der Waals surface area (Å²) >= 11 is 0. The second kappa shape index (κ2) is 9.14. The summed E-state index contributed by atoms with van der Waals surface area (Å²) in [5.74, 6) is -0.150. The van der Waals surface area contributed by atoms with Crippen LogP contribution in [0.1, 0.15) is 29.3 Å². The Balaban J connectivity index is 2.14. The lowest BCUT2D eigenvalue weighted by Gasteiger charge is -2.13. The van der Waals surface area contributed by atoms with Crippen molar-refractivity contribution in [3.05, 3.63) is 53.6 Å². The molecule has 0 heterocycles. The standard InChI is InChI=1S/C18H19F3N2O5S/c1-3-9-28-15-8-7-12(10-16(15)27-2)17(24)22-23-29(25,26)14-6-4-5-13(11-14)18(19,20)21/h4-8,10-11,23H,3,9H2,1-2H3,(H,22,24). The van der Waals surface area contributed by atoms with Crippen molar-refractivity contribution in [1.82, 2.24) is 10.3 Å². The second-order valence-electron chi connectivity index (χ2n) is 5.80. The van der Waals surface area contributed by atoms with E-state index >= 15 is 0 Å². The molecule has 0 unspecified atom stereocenters. The van der Waals surface area contributed by atoms with E-state index in [-0.39, 0.29) is 11.3 Å². The largest absolute Gasteiger partial charge is 0.493 e. The topological polar surface area (TPSA) is 93.7 Å². The van der Waals surface area contributed by atoms with Gasteiger partial charge in [0, 0.05) is 5.56 Å². The van der Waals surface area contributed by atoms with E-state index in [2.05, 4.69) is 0 Å². The van der Waals surface area contributed by atoms with E-state index in [1.54, 1.807) is 4.83 Å². The zero-order valence-corrected chi connectivity index (χ0v) is 16.4. The first-order valence-electron chi connectivity index (χ1n) is 8.38. The number of hydrogen-bond donors (Lipinski definition) is 2. The van der Waals surface area contributed by atoms with Crippen molar-refractivity contribution in [2.24, 2.45) is 0 Å². The van der Waals surface area contributed by atoms with Gasteiger partial charge < -0.3 is 9.47 Å². The first-order valence-corrected chi connectivity index (χ1v) is 9.87. The molecule has 0 fully saturated rings. The van der Waals surface area contributed by atoms with E-state index in [0.29, 0.717) is 18.4 Å². The summed E-state index contributed by atoms with van der Waals surface area (Å²) < 4.78 is 73.3. The predicted octanol–water partition coefficient (Wildman–Crippen LogP) is 3.13. The van der Waals surface area contributed by atoms with Gasteiger partial charge in [-0.1, -0.05) is 13.0 Å². The number of amides is 1. The molecule has 0 spiro atoms. The number of methoxy groups -OCH3 is 1. The lowest BCUT2D eigenvalue weighted by molar-refractivity contribution is -0.137. The average molecular weight is 432 g/mol. The molecule has 7 nitrogen and oxygen atoms in total. The number of hydrazine groups is 1. The Morgan fingerprint density at radius 3 is 2.45 bits per heavy atom. The minimum absolute atomic E-state index is 0.0532. The molecule has 1 amide bonds. The maximum Gasteiger partial charge on any atom is 0.416 e. The maximum absolute atomic E-state index is 12.8. The molecule has 0 aliphatic heterocycles. The van der Waals surface area contributed by atoms with Crippen LogP contribution in [-0.2, 0) is 16.2 Å². The predicted molar refractivity (Wildman–Crippen MR) is 98.0 cm³/mol. The minimum Gasteiger partial charge on any atom is -0.493 e. The third-order valence-electron chi connectivity index (χ3n) is 3.66. The fraction of sp³-hybridized carbons (Fsp3) is 0.278. The van der Waals surface area contributed by atoms with Crippen molar-refractivity contribution >= 4 is 15.9 Å². The molecule has 2 aromatic rings. The van der Waals surface area contributed by atoms with Crippen LogP contribution >= 0.6 is 0 Å². The van der Waals surface area contributed by atoms with Crippen molar-refractivity contribution in [2.45, 2.75) is 24.4 Å². The normalized spacial score (nSPS) is 11.8. The van der Waals surface area contributed by atoms with E-state index in [0.717, 1.165) is 24.6 Å². The Labute approximate surface area is 165 Å². The van der Waals surface area contributed by atoms with Crippen molar-refractivity contribution in [3.8, 4) is 11.5 Å². The van der Waals surface area contributed by atoms with Crippen LogP contribution in [0, 0.1) is 0 Å². The molecule has 0 radical (unpaired) electrons. The summed E-state index contributed by atoms with van der Waals surface area (Å²) in [6, 6.07) is 7.38. The van der Waals surface area contributed by atoms with Crippen LogP contribution in [0.3, 0.4) is 0 Å². The fourth-order valence-corrected chi connectivity index (χ4v) is 3.11. The highest BCUT2D eigenvalue weighted by Gasteiger charge is 2.31. The van der Waals surface area contributed by atoms with Gasteiger partial charge in [0.2, 0.25) is 0 Å². The van der Waals surface area contributed by atoms with Gasteiger partial charge in [0.15, 0.2) is 11.5 Å². The molecule has 0 bridgehead atoms. The Hall–Kier alpha value is -2.79. The van der Waals surface area contributed by atoms with Gasteiger partial charge in [-0.3, -0.25) is 10.2 Å². The number of rotatable bonds is 8. The molecule has 158 valence electrons. The molecule has 0 aliphatic carbocycles. The number of ether oxygens (including phenoxy) is 2. The Bertz CT molecular complexity index is 978. The van der Waals surface area contributed by atoms with Crippen molar-refractivity contribution in [1.29, 1.82) is 0 Å². The molecule has 0 aliphatic rings. The van der Waals surface area contributed by atoms with Crippen molar-refractivity contribution in [3.63, 3.8) is 0 Å². The smallest absolute Gasteiger partial charge is 0.416 e. The Kier molecular flexibility index (Phi) is 7.09. The van der Waals surface area contributed by atoms with E-state index in [4.69, 9.17) is 9.47 Å².